The first kappa shape index (κ1) is 19.1. The maximum Gasteiger partial charge on any atom is 0.175 e. The molecule has 4 aromatic rings. The van der Waals surface area contributed by atoms with Crippen LogP contribution in [0.4, 0.5) is 4.39 Å². The van der Waals surface area contributed by atoms with Crippen molar-refractivity contribution < 1.29 is 12.8 Å². The molecule has 0 amide bonds. The maximum atomic E-state index is 13.5. The number of aryl methyl sites for hydroxylation is 1. The third kappa shape index (κ3) is 3.71. The lowest BCUT2D eigenvalue weighted by molar-refractivity contribution is 0.602. The normalized spacial score (nSPS) is 11.6. The maximum absolute atomic E-state index is 13.5. The van der Waals surface area contributed by atoms with Crippen LogP contribution >= 0.6 is 0 Å². The highest BCUT2D eigenvalue weighted by Gasteiger charge is 2.20. The van der Waals surface area contributed by atoms with Crippen molar-refractivity contribution in [2.24, 2.45) is 0 Å². The Morgan fingerprint density at radius 1 is 0.828 bits per heavy atom. The number of rotatable bonds is 4. The average molecular weight is 406 g/mol. The second-order valence-electron chi connectivity index (χ2n) is 6.86. The predicted molar refractivity (Wildman–Crippen MR) is 112 cm³/mol. The van der Waals surface area contributed by atoms with Gasteiger partial charge in [-0.15, -0.1) is 0 Å². The zero-order chi connectivity index (χ0) is 20.6. The predicted octanol–water partition coefficient (Wildman–Crippen LogP) is 5.06. The second-order valence-corrected chi connectivity index (χ2v) is 8.88. The van der Waals surface area contributed by atoms with Crippen molar-refractivity contribution in [2.75, 3.05) is 6.26 Å². The minimum atomic E-state index is -3.29. The van der Waals surface area contributed by atoms with E-state index in [9.17, 15) is 12.8 Å². The summed E-state index contributed by atoms with van der Waals surface area (Å²) in [6, 6.07) is 22.7. The molecule has 3 aromatic carbocycles. The number of halogens is 1. The molecular weight excluding hydrogens is 387 g/mol. The van der Waals surface area contributed by atoms with E-state index in [1.807, 2.05) is 41.9 Å². The Morgan fingerprint density at radius 2 is 1.41 bits per heavy atom. The van der Waals surface area contributed by atoms with E-state index in [2.05, 4.69) is 0 Å². The lowest BCUT2D eigenvalue weighted by Crippen LogP contribution is -2.00. The third-order valence-electron chi connectivity index (χ3n) is 4.75. The van der Waals surface area contributed by atoms with Gasteiger partial charge in [0.2, 0.25) is 0 Å². The standard InChI is InChI=1S/C23H19FN2O2S/c1-16-22(17-8-12-19(24)13-9-17)23(26(25-16)20-6-4-3-5-7-20)18-10-14-21(15-11-18)29(2,27)28/h3-15H,1-2H3. The van der Waals surface area contributed by atoms with Crippen molar-refractivity contribution in [1.29, 1.82) is 0 Å². The van der Waals surface area contributed by atoms with Gasteiger partial charge in [0, 0.05) is 17.4 Å². The molecule has 4 nitrogen and oxygen atoms in total. The van der Waals surface area contributed by atoms with E-state index in [4.69, 9.17) is 5.10 Å². The van der Waals surface area contributed by atoms with Gasteiger partial charge in [-0.3, -0.25) is 0 Å². The summed E-state index contributed by atoms with van der Waals surface area (Å²) in [5.41, 5.74) is 5.03. The largest absolute Gasteiger partial charge is 0.232 e. The number of benzene rings is 3. The fourth-order valence-corrected chi connectivity index (χ4v) is 4.00. The number of hydrogen-bond donors (Lipinski definition) is 0. The van der Waals surface area contributed by atoms with Crippen LogP contribution in [0.5, 0.6) is 0 Å². The summed E-state index contributed by atoms with van der Waals surface area (Å²) in [4.78, 5) is 0.257. The lowest BCUT2D eigenvalue weighted by Gasteiger charge is -2.11. The molecule has 0 aliphatic heterocycles. The minimum Gasteiger partial charge on any atom is -0.232 e. The third-order valence-corrected chi connectivity index (χ3v) is 5.88. The van der Waals surface area contributed by atoms with E-state index in [1.54, 1.807) is 36.4 Å². The van der Waals surface area contributed by atoms with E-state index in [0.717, 1.165) is 33.8 Å². The molecule has 0 fully saturated rings. The first-order valence-corrected chi connectivity index (χ1v) is 11.0. The Labute approximate surface area is 169 Å². The number of hydrogen-bond acceptors (Lipinski definition) is 3. The van der Waals surface area contributed by atoms with Gasteiger partial charge in [0.1, 0.15) is 5.82 Å². The van der Waals surface area contributed by atoms with Crippen molar-refractivity contribution in [3.63, 3.8) is 0 Å². The Kier molecular flexibility index (Phi) is 4.80. The molecule has 6 heteroatoms. The van der Waals surface area contributed by atoms with E-state index < -0.39 is 9.84 Å². The van der Waals surface area contributed by atoms with Crippen LogP contribution in [0.1, 0.15) is 5.69 Å². The summed E-state index contributed by atoms with van der Waals surface area (Å²) >= 11 is 0. The van der Waals surface area contributed by atoms with E-state index in [-0.39, 0.29) is 10.7 Å². The van der Waals surface area contributed by atoms with Crippen molar-refractivity contribution in [1.82, 2.24) is 9.78 Å². The average Bonchev–Trinajstić information content (AvgIpc) is 3.06. The van der Waals surface area contributed by atoms with Crippen LogP contribution in [0.25, 0.3) is 28.1 Å². The van der Waals surface area contributed by atoms with Gasteiger partial charge in [0.15, 0.2) is 9.84 Å². The molecule has 0 aliphatic carbocycles. The molecule has 0 N–H and O–H groups in total. The smallest absolute Gasteiger partial charge is 0.175 e. The molecule has 0 aliphatic rings. The Balaban J connectivity index is 1.98. The van der Waals surface area contributed by atoms with Gasteiger partial charge in [-0.05, 0) is 48.9 Å². The summed E-state index contributed by atoms with van der Waals surface area (Å²) in [5.74, 6) is -0.305. The molecule has 0 saturated heterocycles. The van der Waals surface area contributed by atoms with Crippen LogP contribution < -0.4 is 0 Å². The number of nitrogens with zero attached hydrogens (tertiary/aromatic N) is 2. The lowest BCUT2D eigenvalue weighted by atomic mass is 9.99. The van der Waals surface area contributed by atoms with Gasteiger partial charge in [0.05, 0.1) is 22.0 Å². The molecule has 146 valence electrons. The van der Waals surface area contributed by atoms with Crippen LogP contribution in [0.2, 0.25) is 0 Å². The summed E-state index contributed by atoms with van der Waals surface area (Å²) in [5, 5.41) is 4.73. The van der Waals surface area contributed by atoms with Crippen LogP contribution in [0.3, 0.4) is 0 Å². The van der Waals surface area contributed by atoms with Gasteiger partial charge in [-0.2, -0.15) is 5.10 Å². The van der Waals surface area contributed by atoms with Gasteiger partial charge < -0.3 is 0 Å². The molecule has 0 radical (unpaired) electrons. The van der Waals surface area contributed by atoms with Crippen molar-refractivity contribution in [2.45, 2.75) is 11.8 Å². The number of para-hydroxylation sites is 1. The molecule has 1 aromatic heterocycles. The Bertz CT molecular complexity index is 1260. The summed E-state index contributed by atoms with van der Waals surface area (Å²) < 4.78 is 39.0. The van der Waals surface area contributed by atoms with Crippen LogP contribution in [0, 0.1) is 12.7 Å². The van der Waals surface area contributed by atoms with Crippen molar-refractivity contribution >= 4 is 9.84 Å². The van der Waals surface area contributed by atoms with Gasteiger partial charge in [-0.25, -0.2) is 17.5 Å². The van der Waals surface area contributed by atoms with Crippen molar-refractivity contribution in [3.8, 4) is 28.1 Å². The van der Waals surface area contributed by atoms with E-state index in [0.29, 0.717) is 0 Å². The molecule has 29 heavy (non-hydrogen) atoms. The van der Waals surface area contributed by atoms with E-state index >= 15 is 0 Å². The number of aromatic nitrogens is 2. The highest BCUT2D eigenvalue weighted by Crippen LogP contribution is 2.37. The van der Waals surface area contributed by atoms with Crippen LogP contribution in [-0.2, 0) is 9.84 Å². The highest BCUT2D eigenvalue weighted by atomic mass is 32.2. The summed E-state index contributed by atoms with van der Waals surface area (Å²) in [6.07, 6.45) is 1.18. The molecule has 0 atom stereocenters. The minimum absolute atomic E-state index is 0.257. The zero-order valence-corrected chi connectivity index (χ0v) is 16.8. The van der Waals surface area contributed by atoms with Crippen molar-refractivity contribution in [3.05, 3.63) is 90.4 Å². The highest BCUT2D eigenvalue weighted by molar-refractivity contribution is 7.90. The first-order chi connectivity index (χ1) is 13.8. The summed E-state index contributed by atoms with van der Waals surface area (Å²) in [7, 11) is -3.29. The number of sulfone groups is 1. The molecule has 0 bridgehead atoms. The van der Waals surface area contributed by atoms with E-state index in [1.165, 1.54) is 18.4 Å². The molecular formula is C23H19FN2O2S. The first-order valence-electron chi connectivity index (χ1n) is 9.06. The topological polar surface area (TPSA) is 52.0 Å². The SMILES string of the molecule is Cc1nn(-c2ccccc2)c(-c2ccc(S(C)(=O)=O)cc2)c1-c1ccc(F)cc1. The Morgan fingerprint density at radius 3 is 2.00 bits per heavy atom. The van der Waals surface area contributed by atoms with Gasteiger partial charge >= 0.3 is 0 Å². The Hall–Kier alpha value is -3.25. The molecule has 0 spiro atoms. The summed E-state index contributed by atoms with van der Waals surface area (Å²) in [6.45, 7) is 1.91. The van der Waals surface area contributed by atoms with Gasteiger partial charge in [0.25, 0.3) is 0 Å². The fourth-order valence-electron chi connectivity index (χ4n) is 3.37. The molecule has 1 heterocycles. The molecule has 0 unspecified atom stereocenters. The fraction of sp³-hybridized carbons (Fsp3) is 0.0870. The van der Waals surface area contributed by atoms with Crippen LogP contribution in [-0.4, -0.2) is 24.5 Å². The monoisotopic (exact) mass is 406 g/mol. The zero-order valence-electron chi connectivity index (χ0n) is 16.0. The van der Waals surface area contributed by atoms with Crippen LogP contribution in [0.15, 0.2) is 83.8 Å². The van der Waals surface area contributed by atoms with Gasteiger partial charge in [-0.1, -0.05) is 42.5 Å². The molecule has 4 rings (SSSR count). The quantitative estimate of drug-likeness (QED) is 0.476. The molecule has 0 saturated carbocycles. The second kappa shape index (κ2) is 7.29.